The van der Waals surface area contributed by atoms with Gasteiger partial charge in [0.2, 0.25) is 10.0 Å². The molecule has 1 aromatic carbocycles. The lowest BCUT2D eigenvalue weighted by Gasteiger charge is -2.10. The molecule has 2 N–H and O–H groups in total. The number of sulfonamides is 1. The number of hydrogen-bond donors (Lipinski definition) is 2. The highest BCUT2D eigenvalue weighted by molar-refractivity contribution is 7.89. The van der Waals surface area contributed by atoms with Crippen LogP contribution < -0.4 is 4.72 Å². The van der Waals surface area contributed by atoms with Crippen LogP contribution in [0.4, 0.5) is 4.39 Å². The summed E-state index contributed by atoms with van der Waals surface area (Å²) in [6.45, 7) is 3.14. The van der Waals surface area contributed by atoms with Gasteiger partial charge in [0.05, 0.1) is 11.5 Å². The van der Waals surface area contributed by atoms with E-state index in [9.17, 15) is 12.8 Å². The van der Waals surface area contributed by atoms with Crippen molar-refractivity contribution in [2.75, 3.05) is 6.54 Å². The number of hydrogen-bond acceptors (Lipinski definition) is 3. The Morgan fingerprint density at radius 1 is 1.41 bits per heavy atom. The van der Waals surface area contributed by atoms with Crippen molar-refractivity contribution in [2.24, 2.45) is 0 Å². The molecule has 0 spiro atoms. The largest absolute Gasteiger partial charge is 0.392 e. The SMILES string of the molecule is CCCNS(=O)(=O)c1cc(CO)cc(F)c1C. The second-order valence-electron chi connectivity index (χ2n) is 3.76. The minimum atomic E-state index is -3.71. The first-order valence-corrected chi connectivity index (χ1v) is 6.80. The standard InChI is InChI=1S/C11H16FNO3S/c1-3-4-13-17(15,16)11-6-9(7-14)5-10(12)8(11)2/h5-6,13-14H,3-4,7H2,1-2H3. The van der Waals surface area contributed by atoms with E-state index in [1.165, 1.54) is 13.0 Å². The van der Waals surface area contributed by atoms with Crippen molar-refractivity contribution in [3.63, 3.8) is 0 Å². The maximum atomic E-state index is 13.5. The van der Waals surface area contributed by atoms with E-state index in [0.717, 1.165) is 6.07 Å². The van der Waals surface area contributed by atoms with Crippen LogP contribution in [0.1, 0.15) is 24.5 Å². The number of aliphatic hydroxyl groups is 1. The Morgan fingerprint density at radius 2 is 2.06 bits per heavy atom. The second kappa shape index (κ2) is 5.57. The Labute approximate surface area is 101 Å². The van der Waals surface area contributed by atoms with Crippen LogP contribution in [0.15, 0.2) is 17.0 Å². The Balaban J connectivity index is 3.25. The summed E-state index contributed by atoms with van der Waals surface area (Å²) in [6, 6.07) is 2.42. The molecule has 0 amide bonds. The molecule has 1 rings (SSSR count). The van der Waals surface area contributed by atoms with E-state index in [4.69, 9.17) is 5.11 Å². The molecule has 96 valence electrons. The van der Waals surface area contributed by atoms with E-state index in [1.54, 1.807) is 0 Å². The van der Waals surface area contributed by atoms with Crippen molar-refractivity contribution in [1.82, 2.24) is 4.72 Å². The quantitative estimate of drug-likeness (QED) is 0.840. The van der Waals surface area contributed by atoms with Crippen LogP contribution >= 0.6 is 0 Å². The number of rotatable bonds is 5. The highest BCUT2D eigenvalue weighted by atomic mass is 32.2. The van der Waals surface area contributed by atoms with Crippen LogP contribution in [-0.4, -0.2) is 20.1 Å². The fourth-order valence-corrected chi connectivity index (χ4v) is 2.83. The fourth-order valence-electron chi connectivity index (χ4n) is 1.39. The van der Waals surface area contributed by atoms with Crippen LogP contribution in [0.25, 0.3) is 0 Å². The zero-order valence-corrected chi connectivity index (χ0v) is 10.6. The van der Waals surface area contributed by atoms with E-state index in [0.29, 0.717) is 13.0 Å². The molecule has 0 heterocycles. The van der Waals surface area contributed by atoms with E-state index < -0.39 is 22.4 Å². The average Bonchev–Trinajstić information content (AvgIpc) is 2.29. The molecular formula is C11H16FNO3S. The summed E-state index contributed by atoms with van der Waals surface area (Å²) in [5, 5.41) is 8.94. The zero-order chi connectivity index (χ0) is 13.1. The molecule has 0 saturated carbocycles. The van der Waals surface area contributed by atoms with Crippen molar-refractivity contribution in [1.29, 1.82) is 0 Å². The van der Waals surface area contributed by atoms with Crippen molar-refractivity contribution in [3.05, 3.63) is 29.1 Å². The van der Waals surface area contributed by atoms with Gasteiger partial charge >= 0.3 is 0 Å². The predicted octanol–water partition coefficient (Wildman–Crippen LogP) is 1.31. The molecule has 0 fully saturated rings. The minimum absolute atomic E-state index is 0.0609. The molecule has 0 radical (unpaired) electrons. The third-order valence-electron chi connectivity index (χ3n) is 2.37. The second-order valence-corrected chi connectivity index (χ2v) is 5.49. The molecule has 0 unspecified atom stereocenters. The molecule has 0 aliphatic heterocycles. The zero-order valence-electron chi connectivity index (χ0n) is 9.83. The van der Waals surface area contributed by atoms with Gasteiger partial charge < -0.3 is 5.11 Å². The summed E-state index contributed by atoms with van der Waals surface area (Å²) in [5.41, 5.74) is 0.302. The lowest BCUT2D eigenvalue weighted by Crippen LogP contribution is -2.25. The number of aliphatic hydroxyl groups excluding tert-OH is 1. The number of nitrogens with one attached hydrogen (secondary N) is 1. The van der Waals surface area contributed by atoms with Gasteiger partial charge in [-0.25, -0.2) is 17.5 Å². The summed E-state index contributed by atoms with van der Waals surface area (Å²) in [6.07, 6.45) is 0.653. The summed E-state index contributed by atoms with van der Waals surface area (Å²) in [5.74, 6) is -0.631. The third-order valence-corrected chi connectivity index (χ3v) is 3.96. The molecule has 0 bridgehead atoms. The normalized spacial score (nSPS) is 11.8. The van der Waals surface area contributed by atoms with Crippen LogP contribution in [0.2, 0.25) is 0 Å². The van der Waals surface area contributed by atoms with Crippen molar-refractivity contribution in [2.45, 2.75) is 31.8 Å². The Kier molecular flexibility index (Phi) is 4.62. The number of benzene rings is 1. The summed E-state index contributed by atoms with van der Waals surface area (Å²) in [7, 11) is -3.71. The lowest BCUT2D eigenvalue weighted by atomic mass is 10.1. The molecule has 0 saturated heterocycles. The van der Waals surface area contributed by atoms with Gasteiger partial charge in [0.1, 0.15) is 5.82 Å². The Bertz CT molecular complexity index is 500. The van der Waals surface area contributed by atoms with Crippen LogP contribution in [0.5, 0.6) is 0 Å². The molecule has 1 aromatic rings. The van der Waals surface area contributed by atoms with Crippen LogP contribution in [0.3, 0.4) is 0 Å². The van der Waals surface area contributed by atoms with Gasteiger partial charge in [-0.1, -0.05) is 6.92 Å². The predicted molar refractivity (Wildman–Crippen MR) is 62.5 cm³/mol. The molecule has 17 heavy (non-hydrogen) atoms. The Hall–Kier alpha value is -0.980. The highest BCUT2D eigenvalue weighted by Crippen LogP contribution is 2.20. The van der Waals surface area contributed by atoms with E-state index in [-0.39, 0.29) is 16.0 Å². The molecule has 0 aromatic heterocycles. The highest BCUT2D eigenvalue weighted by Gasteiger charge is 2.19. The van der Waals surface area contributed by atoms with Crippen molar-refractivity contribution >= 4 is 10.0 Å². The summed E-state index contributed by atoms with van der Waals surface area (Å²) in [4.78, 5) is -0.116. The smallest absolute Gasteiger partial charge is 0.240 e. The van der Waals surface area contributed by atoms with Gasteiger partial charge in [-0.05, 0) is 31.0 Å². The molecule has 0 aliphatic carbocycles. The van der Waals surface area contributed by atoms with Gasteiger partial charge in [0.25, 0.3) is 0 Å². The average molecular weight is 261 g/mol. The van der Waals surface area contributed by atoms with E-state index in [2.05, 4.69) is 4.72 Å². The lowest BCUT2D eigenvalue weighted by molar-refractivity contribution is 0.281. The van der Waals surface area contributed by atoms with Gasteiger partial charge in [-0.15, -0.1) is 0 Å². The van der Waals surface area contributed by atoms with E-state index >= 15 is 0 Å². The first kappa shape index (κ1) is 14.1. The summed E-state index contributed by atoms with van der Waals surface area (Å²) < 4.78 is 39.6. The maximum absolute atomic E-state index is 13.5. The molecule has 0 atom stereocenters. The van der Waals surface area contributed by atoms with Gasteiger partial charge in [0.15, 0.2) is 0 Å². The first-order chi connectivity index (χ1) is 7.92. The van der Waals surface area contributed by atoms with Crippen molar-refractivity contribution in [3.8, 4) is 0 Å². The summed E-state index contributed by atoms with van der Waals surface area (Å²) >= 11 is 0. The van der Waals surface area contributed by atoms with Crippen LogP contribution in [-0.2, 0) is 16.6 Å². The van der Waals surface area contributed by atoms with Crippen molar-refractivity contribution < 1.29 is 17.9 Å². The van der Waals surface area contributed by atoms with Crippen LogP contribution in [0, 0.1) is 12.7 Å². The molecular weight excluding hydrogens is 245 g/mol. The topological polar surface area (TPSA) is 66.4 Å². The molecule has 0 aliphatic rings. The van der Waals surface area contributed by atoms with E-state index in [1.807, 2.05) is 6.92 Å². The fraction of sp³-hybridized carbons (Fsp3) is 0.455. The molecule has 4 nitrogen and oxygen atoms in total. The Morgan fingerprint density at radius 3 is 2.59 bits per heavy atom. The number of halogens is 1. The minimum Gasteiger partial charge on any atom is -0.392 e. The first-order valence-electron chi connectivity index (χ1n) is 5.32. The third kappa shape index (κ3) is 3.24. The van der Waals surface area contributed by atoms with Gasteiger partial charge in [-0.2, -0.15) is 0 Å². The molecule has 6 heteroatoms. The van der Waals surface area contributed by atoms with Gasteiger partial charge in [-0.3, -0.25) is 0 Å². The maximum Gasteiger partial charge on any atom is 0.240 e. The monoisotopic (exact) mass is 261 g/mol. The van der Waals surface area contributed by atoms with Gasteiger partial charge in [0, 0.05) is 12.1 Å².